The Labute approximate surface area is 121 Å². The first-order valence-electron chi connectivity index (χ1n) is 7.67. The lowest BCUT2D eigenvalue weighted by atomic mass is 10.1. The predicted molar refractivity (Wildman–Crippen MR) is 80.6 cm³/mol. The molecule has 1 atom stereocenters. The number of carbonyl (C=O) groups excluding carboxylic acids is 1. The van der Waals surface area contributed by atoms with Crippen molar-refractivity contribution in [2.45, 2.75) is 44.6 Å². The molecule has 1 aromatic rings. The van der Waals surface area contributed by atoms with Crippen LogP contribution in [0.25, 0.3) is 0 Å². The molecule has 1 aliphatic rings. The Bertz CT molecular complexity index is 405. The lowest BCUT2D eigenvalue weighted by Gasteiger charge is -2.22. The van der Waals surface area contributed by atoms with Crippen LogP contribution in [-0.2, 0) is 16.0 Å². The second-order valence-electron chi connectivity index (χ2n) is 5.51. The number of benzene rings is 1. The second kappa shape index (κ2) is 8.05. The van der Waals surface area contributed by atoms with Gasteiger partial charge in [0.15, 0.2) is 0 Å². The highest BCUT2D eigenvalue weighted by atomic mass is 16.5. The summed E-state index contributed by atoms with van der Waals surface area (Å²) in [4.78, 5) is 13.9. The molecule has 1 aromatic carbocycles. The van der Waals surface area contributed by atoms with E-state index in [1.165, 1.54) is 31.9 Å². The van der Waals surface area contributed by atoms with E-state index in [2.05, 4.69) is 35.2 Å². The Morgan fingerprint density at radius 1 is 1.25 bits per heavy atom. The maximum atomic E-state index is 11.6. The monoisotopic (exact) mass is 275 g/mol. The Morgan fingerprint density at radius 3 is 2.80 bits per heavy atom. The zero-order valence-electron chi connectivity index (χ0n) is 12.4. The van der Waals surface area contributed by atoms with Crippen LogP contribution in [0.3, 0.4) is 0 Å². The first-order chi connectivity index (χ1) is 9.81. The minimum Gasteiger partial charge on any atom is -0.468 e. The summed E-state index contributed by atoms with van der Waals surface area (Å²) in [5, 5.41) is 0. The molecule has 0 amide bonds. The molecule has 110 valence electrons. The fraction of sp³-hybridized carbons (Fsp3) is 0.588. The van der Waals surface area contributed by atoms with Gasteiger partial charge in [-0.25, -0.2) is 0 Å². The number of rotatable bonds is 7. The summed E-state index contributed by atoms with van der Waals surface area (Å²) in [5.41, 5.74) is 1.42. The van der Waals surface area contributed by atoms with Crippen LogP contribution >= 0.6 is 0 Å². The van der Waals surface area contributed by atoms with Gasteiger partial charge in [-0.05, 0) is 50.8 Å². The van der Waals surface area contributed by atoms with Crippen LogP contribution in [0.15, 0.2) is 30.3 Å². The number of methoxy groups -OCH3 is 1. The van der Waals surface area contributed by atoms with Gasteiger partial charge in [-0.1, -0.05) is 36.8 Å². The molecular weight excluding hydrogens is 250 g/mol. The SMILES string of the molecule is COC(=O)[C@@H]1CCCN1CCCCCc1ccccc1. The van der Waals surface area contributed by atoms with Crippen molar-refractivity contribution in [3.8, 4) is 0 Å². The average Bonchev–Trinajstić information content (AvgIpc) is 2.95. The van der Waals surface area contributed by atoms with Crippen molar-refractivity contribution in [2.75, 3.05) is 20.2 Å². The van der Waals surface area contributed by atoms with E-state index in [0.717, 1.165) is 32.4 Å². The van der Waals surface area contributed by atoms with Gasteiger partial charge in [0.05, 0.1) is 7.11 Å². The van der Waals surface area contributed by atoms with Crippen LogP contribution in [-0.4, -0.2) is 37.1 Å². The van der Waals surface area contributed by atoms with Gasteiger partial charge in [0, 0.05) is 0 Å². The summed E-state index contributed by atoms with van der Waals surface area (Å²) >= 11 is 0. The van der Waals surface area contributed by atoms with Crippen molar-refractivity contribution in [2.24, 2.45) is 0 Å². The number of aryl methyl sites for hydroxylation is 1. The molecule has 20 heavy (non-hydrogen) atoms. The molecule has 0 N–H and O–H groups in total. The van der Waals surface area contributed by atoms with Crippen LogP contribution < -0.4 is 0 Å². The maximum Gasteiger partial charge on any atom is 0.323 e. The number of hydrogen-bond donors (Lipinski definition) is 0. The fourth-order valence-electron chi connectivity index (χ4n) is 2.96. The molecule has 0 saturated carbocycles. The van der Waals surface area contributed by atoms with Crippen molar-refractivity contribution >= 4 is 5.97 Å². The highest BCUT2D eigenvalue weighted by Crippen LogP contribution is 2.19. The highest BCUT2D eigenvalue weighted by Gasteiger charge is 2.30. The Hall–Kier alpha value is -1.35. The normalized spacial score (nSPS) is 19.1. The summed E-state index contributed by atoms with van der Waals surface area (Å²) < 4.78 is 4.87. The third-order valence-electron chi connectivity index (χ3n) is 4.09. The lowest BCUT2D eigenvalue weighted by Crippen LogP contribution is -2.37. The fourth-order valence-corrected chi connectivity index (χ4v) is 2.96. The molecule has 2 rings (SSSR count). The van der Waals surface area contributed by atoms with E-state index < -0.39 is 0 Å². The van der Waals surface area contributed by atoms with Crippen molar-refractivity contribution in [1.82, 2.24) is 4.90 Å². The van der Waals surface area contributed by atoms with Crippen LogP contribution in [0.2, 0.25) is 0 Å². The van der Waals surface area contributed by atoms with Gasteiger partial charge in [0.2, 0.25) is 0 Å². The molecule has 3 heteroatoms. The van der Waals surface area contributed by atoms with Crippen LogP contribution in [0.5, 0.6) is 0 Å². The molecule has 1 aliphatic heterocycles. The molecule has 0 spiro atoms. The summed E-state index contributed by atoms with van der Waals surface area (Å²) in [6, 6.07) is 10.6. The number of nitrogens with zero attached hydrogens (tertiary/aromatic N) is 1. The van der Waals surface area contributed by atoms with E-state index in [0.29, 0.717) is 0 Å². The van der Waals surface area contributed by atoms with Gasteiger partial charge in [-0.15, -0.1) is 0 Å². The molecule has 0 bridgehead atoms. The number of carbonyl (C=O) groups is 1. The smallest absolute Gasteiger partial charge is 0.323 e. The quantitative estimate of drug-likeness (QED) is 0.566. The summed E-state index contributed by atoms with van der Waals surface area (Å²) in [5.74, 6) is -0.0632. The van der Waals surface area contributed by atoms with Crippen LogP contribution in [0.1, 0.15) is 37.7 Å². The molecular formula is C17H25NO2. The summed E-state index contributed by atoms with van der Waals surface area (Å²) in [6.45, 7) is 2.06. The van der Waals surface area contributed by atoms with E-state index >= 15 is 0 Å². The third-order valence-corrected chi connectivity index (χ3v) is 4.09. The first kappa shape index (κ1) is 15.0. The number of esters is 1. The summed E-state index contributed by atoms with van der Waals surface area (Å²) in [6.07, 6.45) is 6.84. The molecule has 1 saturated heterocycles. The minimum absolute atomic E-state index is 0.00845. The molecule has 0 unspecified atom stereocenters. The molecule has 0 aromatic heterocycles. The Balaban J connectivity index is 1.62. The minimum atomic E-state index is -0.0632. The van der Waals surface area contributed by atoms with Gasteiger partial charge in [-0.2, -0.15) is 0 Å². The molecule has 1 heterocycles. The molecule has 0 radical (unpaired) electrons. The number of hydrogen-bond acceptors (Lipinski definition) is 3. The average molecular weight is 275 g/mol. The Morgan fingerprint density at radius 2 is 2.05 bits per heavy atom. The lowest BCUT2D eigenvalue weighted by molar-refractivity contribution is -0.145. The van der Waals surface area contributed by atoms with Crippen LogP contribution in [0.4, 0.5) is 0 Å². The van der Waals surface area contributed by atoms with Gasteiger partial charge >= 0.3 is 5.97 Å². The van der Waals surface area contributed by atoms with Gasteiger partial charge in [0.1, 0.15) is 6.04 Å². The van der Waals surface area contributed by atoms with Crippen molar-refractivity contribution in [3.63, 3.8) is 0 Å². The standard InChI is InChI=1S/C17H25NO2/c1-20-17(19)16-12-8-14-18(16)13-7-3-6-11-15-9-4-2-5-10-15/h2,4-5,9-10,16H,3,6-8,11-14H2,1H3/t16-/m0/s1. The largest absolute Gasteiger partial charge is 0.468 e. The zero-order valence-corrected chi connectivity index (χ0v) is 12.4. The van der Waals surface area contributed by atoms with E-state index in [9.17, 15) is 4.79 Å². The molecule has 3 nitrogen and oxygen atoms in total. The van der Waals surface area contributed by atoms with E-state index in [4.69, 9.17) is 4.74 Å². The second-order valence-corrected chi connectivity index (χ2v) is 5.51. The topological polar surface area (TPSA) is 29.5 Å². The van der Waals surface area contributed by atoms with Gasteiger partial charge < -0.3 is 4.74 Å². The zero-order chi connectivity index (χ0) is 14.2. The first-order valence-corrected chi connectivity index (χ1v) is 7.67. The molecule has 1 fully saturated rings. The van der Waals surface area contributed by atoms with E-state index in [1.807, 2.05) is 0 Å². The van der Waals surface area contributed by atoms with E-state index in [-0.39, 0.29) is 12.0 Å². The number of likely N-dealkylation sites (tertiary alicyclic amines) is 1. The number of unbranched alkanes of at least 4 members (excludes halogenated alkanes) is 2. The van der Waals surface area contributed by atoms with Crippen LogP contribution in [0, 0.1) is 0 Å². The van der Waals surface area contributed by atoms with Gasteiger partial charge in [0.25, 0.3) is 0 Å². The van der Waals surface area contributed by atoms with Crippen molar-refractivity contribution < 1.29 is 9.53 Å². The van der Waals surface area contributed by atoms with Crippen molar-refractivity contribution in [1.29, 1.82) is 0 Å². The van der Waals surface area contributed by atoms with Gasteiger partial charge in [-0.3, -0.25) is 9.69 Å². The van der Waals surface area contributed by atoms with E-state index in [1.54, 1.807) is 0 Å². The van der Waals surface area contributed by atoms with Crippen molar-refractivity contribution in [3.05, 3.63) is 35.9 Å². The third kappa shape index (κ3) is 4.34. The Kier molecular flexibility index (Phi) is 6.06. The molecule has 0 aliphatic carbocycles. The maximum absolute atomic E-state index is 11.6. The number of ether oxygens (including phenoxy) is 1. The predicted octanol–water partition coefficient (Wildman–Crippen LogP) is 3.04. The highest BCUT2D eigenvalue weighted by molar-refractivity contribution is 5.75. The summed E-state index contributed by atoms with van der Waals surface area (Å²) in [7, 11) is 1.48.